The maximum absolute atomic E-state index is 12.4. The Kier molecular flexibility index (Phi) is 6.88. The second kappa shape index (κ2) is 9.12. The Morgan fingerprint density at radius 1 is 1.32 bits per heavy atom. The Labute approximate surface area is 146 Å². The lowest BCUT2D eigenvalue weighted by atomic mass is 9.88. The first kappa shape index (κ1) is 18.9. The zero-order chi connectivity index (χ0) is 18.2. The van der Waals surface area contributed by atoms with Gasteiger partial charge >= 0.3 is 5.97 Å². The van der Waals surface area contributed by atoms with Gasteiger partial charge in [-0.25, -0.2) is 0 Å². The first-order valence-electron chi connectivity index (χ1n) is 8.18. The number of piperidine rings is 1. The van der Waals surface area contributed by atoms with E-state index >= 15 is 0 Å². The molecule has 0 unspecified atom stereocenters. The van der Waals surface area contributed by atoms with Crippen molar-refractivity contribution in [3.63, 3.8) is 0 Å². The van der Waals surface area contributed by atoms with Crippen LogP contribution in [0.15, 0.2) is 24.4 Å². The van der Waals surface area contributed by atoms with Crippen molar-refractivity contribution in [2.45, 2.75) is 19.4 Å². The molecule has 0 spiro atoms. The van der Waals surface area contributed by atoms with E-state index < -0.39 is 17.8 Å². The lowest BCUT2D eigenvalue weighted by Gasteiger charge is -2.35. The number of nitrogens with one attached hydrogen (secondary N) is 1. The quantitative estimate of drug-likeness (QED) is 0.732. The number of amides is 2. The van der Waals surface area contributed by atoms with Gasteiger partial charge in [0.25, 0.3) is 0 Å². The van der Waals surface area contributed by atoms with Gasteiger partial charge < -0.3 is 20.1 Å². The number of methoxy groups -OCH3 is 1. The summed E-state index contributed by atoms with van der Waals surface area (Å²) in [5, 5.41) is 12.1. The van der Waals surface area contributed by atoms with Gasteiger partial charge in [0.05, 0.1) is 37.1 Å². The fraction of sp³-hybridized carbons (Fsp3) is 0.529. The van der Waals surface area contributed by atoms with E-state index in [4.69, 9.17) is 4.74 Å². The minimum absolute atomic E-state index is 0.127. The Hall–Kier alpha value is -2.48. The first-order valence-corrected chi connectivity index (χ1v) is 8.18. The molecule has 2 atom stereocenters. The Morgan fingerprint density at radius 2 is 2.08 bits per heavy atom. The minimum atomic E-state index is -0.994. The van der Waals surface area contributed by atoms with Crippen LogP contribution in [0.4, 0.5) is 0 Å². The number of hydrogen-bond donors (Lipinski definition) is 2. The zero-order valence-electron chi connectivity index (χ0n) is 14.2. The van der Waals surface area contributed by atoms with Crippen LogP contribution in [0.1, 0.15) is 18.5 Å². The van der Waals surface area contributed by atoms with Gasteiger partial charge in [0.2, 0.25) is 11.8 Å². The van der Waals surface area contributed by atoms with Gasteiger partial charge in [-0.2, -0.15) is 0 Å². The van der Waals surface area contributed by atoms with Crippen molar-refractivity contribution in [3.05, 3.63) is 30.1 Å². The molecule has 1 aliphatic heterocycles. The first-order chi connectivity index (χ1) is 12.0. The molecule has 0 radical (unpaired) electrons. The molecule has 0 bridgehead atoms. The summed E-state index contributed by atoms with van der Waals surface area (Å²) in [7, 11) is 1.50. The van der Waals surface area contributed by atoms with Crippen molar-refractivity contribution in [2.75, 3.05) is 26.8 Å². The number of rotatable bonds is 7. The highest BCUT2D eigenvalue weighted by Crippen LogP contribution is 2.23. The number of pyridine rings is 1. The van der Waals surface area contributed by atoms with Gasteiger partial charge in [-0.1, -0.05) is 6.07 Å². The second-order valence-electron chi connectivity index (χ2n) is 6.05. The molecule has 2 amide bonds. The summed E-state index contributed by atoms with van der Waals surface area (Å²) >= 11 is 0. The molecule has 2 N–H and O–H groups in total. The predicted octanol–water partition coefficient (Wildman–Crippen LogP) is 0.284. The number of carboxylic acid groups (broad SMARTS) is 1. The lowest BCUT2D eigenvalue weighted by molar-refractivity contribution is -0.148. The highest BCUT2D eigenvalue weighted by atomic mass is 16.5. The Balaban J connectivity index is 1.98. The van der Waals surface area contributed by atoms with E-state index in [1.165, 1.54) is 12.0 Å². The van der Waals surface area contributed by atoms with Crippen LogP contribution in [0.3, 0.4) is 0 Å². The van der Waals surface area contributed by atoms with Crippen molar-refractivity contribution in [3.8, 4) is 0 Å². The number of carboxylic acids is 1. The topological polar surface area (TPSA) is 109 Å². The highest BCUT2D eigenvalue weighted by molar-refractivity contribution is 5.83. The molecule has 1 aliphatic rings. The van der Waals surface area contributed by atoms with E-state index in [2.05, 4.69) is 10.3 Å². The number of nitrogens with zero attached hydrogens (tertiary/aromatic N) is 2. The number of ether oxygens (including phenoxy) is 1. The van der Waals surface area contributed by atoms with Crippen molar-refractivity contribution in [1.82, 2.24) is 15.2 Å². The molecule has 1 aromatic rings. The molecule has 1 saturated heterocycles. The van der Waals surface area contributed by atoms with Crippen molar-refractivity contribution >= 4 is 17.8 Å². The molecular weight excluding hydrogens is 326 g/mol. The maximum atomic E-state index is 12.4. The van der Waals surface area contributed by atoms with Crippen molar-refractivity contribution < 1.29 is 24.2 Å². The van der Waals surface area contributed by atoms with E-state index in [-0.39, 0.29) is 50.9 Å². The van der Waals surface area contributed by atoms with E-state index in [0.717, 1.165) is 5.69 Å². The van der Waals surface area contributed by atoms with Gasteiger partial charge in [-0.05, 0) is 18.6 Å². The summed E-state index contributed by atoms with van der Waals surface area (Å²) in [6, 6.07) is 5.40. The molecular formula is C17H23N3O5. The van der Waals surface area contributed by atoms with Crippen molar-refractivity contribution in [2.24, 2.45) is 11.8 Å². The summed E-state index contributed by atoms with van der Waals surface area (Å²) in [6.07, 6.45) is 2.03. The SMILES string of the molecule is COCCC(=O)N1C[C@H](C(=O)O)C[C@@H](C(=O)NCc2ccccn2)C1. The summed E-state index contributed by atoms with van der Waals surface area (Å²) in [4.78, 5) is 41.6. The zero-order valence-corrected chi connectivity index (χ0v) is 14.2. The smallest absolute Gasteiger partial charge is 0.308 e. The molecule has 2 rings (SSSR count). The number of carbonyl (C=O) groups excluding carboxylic acids is 2. The van der Waals surface area contributed by atoms with Crippen LogP contribution in [-0.2, 0) is 25.7 Å². The fourth-order valence-corrected chi connectivity index (χ4v) is 2.84. The molecule has 0 aliphatic carbocycles. The summed E-state index contributed by atoms with van der Waals surface area (Å²) in [6.45, 7) is 0.886. The van der Waals surface area contributed by atoms with Crippen LogP contribution in [0.5, 0.6) is 0 Å². The molecule has 1 aromatic heterocycles. The minimum Gasteiger partial charge on any atom is -0.481 e. The highest BCUT2D eigenvalue weighted by Gasteiger charge is 2.36. The van der Waals surface area contributed by atoms with Crippen LogP contribution in [0.2, 0.25) is 0 Å². The molecule has 8 nitrogen and oxygen atoms in total. The average Bonchev–Trinajstić information content (AvgIpc) is 2.64. The predicted molar refractivity (Wildman–Crippen MR) is 88.4 cm³/mol. The summed E-state index contributed by atoms with van der Waals surface area (Å²) in [5.41, 5.74) is 0.717. The molecule has 136 valence electrons. The van der Waals surface area contributed by atoms with Gasteiger partial charge in [-0.3, -0.25) is 19.4 Å². The third kappa shape index (κ3) is 5.53. The number of aromatic nitrogens is 1. The van der Waals surface area contributed by atoms with Crippen LogP contribution in [-0.4, -0.2) is 59.6 Å². The molecule has 25 heavy (non-hydrogen) atoms. The molecule has 0 aromatic carbocycles. The number of likely N-dealkylation sites (tertiary alicyclic amines) is 1. The third-order valence-electron chi connectivity index (χ3n) is 4.21. The average molecular weight is 349 g/mol. The van der Waals surface area contributed by atoms with Crippen LogP contribution in [0.25, 0.3) is 0 Å². The van der Waals surface area contributed by atoms with Crippen LogP contribution < -0.4 is 5.32 Å². The molecule has 2 heterocycles. The third-order valence-corrected chi connectivity index (χ3v) is 4.21. The molecule has 8 heteroatoms. The second-order valence-corrected chi connectivity index (χ2v) is 6.05. The number of carbonyl (C=O) groups is 3. The van der Waals surface area contributed by atoms with Crippen LogP contribution >= 0.6 is 0 Å². The standard InChI is InChI=1S/C17H23N3O5/c1-25-7-5-15(21)20-10-12(8-13(11-20)17(23)24)16(22)19-9-14-4-2-3-6-18-14/h2-4,6,12-13H,5,7-11H2,1H3,(H,19,22)(H,23,24)/t12-,13-/m1/s1. The van der Waals surface area contributed by atoms with E-state index in [9.17, 15) is 19.5 Å². The monoisotopic (exact) mass is 349 g/mol. The van der Waals surface area contributed by atoms with Gasteiger partial charge in [-0.15, -0.1) is 0 Å². The van der Waals surface area contributed by atoms with E-state index in [1.54, 1.807) is 18.3 Å². The van der Waals surface area contributed by atoms with Gasteiger partial charge in [0.15, 0.2) is 0 Å². The summed E-state index contributed by atoms with van der Waals surface area (Å²) in [5.74, 6) is -2.75. The normalized spacial score (nSPS) is 20.1. The van der Waals surface area contributed by atoms with Gasteiger partial charge in [0.1, 0.15) is 0 Å². The van der Waals surface area contributed by atoms with Crippen LogP contribution in [0, 0.1) is 11.8 Å². The lowest BCUT2D eigenvalue weighted by Crippen LogP contribution is -2.50. The van der Waals surface area contributed by atoms with E-state index in [1.807, 2.05) is 6.07 Å². The number of hydrogen-bond acceptors (Lipinski definition) is 5. The summed E-state index contributed by atoms with van der Waals surface area (Å²) < 4.78 is 4.89. The Morgan fingerprint density at radius 3 is 2.72 bits per heavy atom. The van der Waals surface area contributed by atoms with E-state index in [0.29, 0.717) is 0 Å². The molecule has 1 fully saturated rings. The van der Waals surface area contributed by atoms with Gasteiger partial charge in [0, 0.05) is 26.4 Å². The Bertz CT molecular complexity index is 608. The molecule has 0 saturated carbocycles. The largest absolute Gasteiger partial charge is 0.481 e. The maximum Gasteiger partial charge on any atom is 0.308 e. The fourth-order valence-electron chi connectivity index (χ4n) is 2.84. The number of aliphatic carboxylic acids is 1. The van der Waals surface area contributed by atoms with Crippen molar-refractivity contribution in [1.29, 1.82) is 0 Å².